The fourth-order valence-electron chi connectivity index (χ4n) is 3.75. The van der Waals surface area contributed by atoms with E-state index >= 15 is 0 Å². The Bertz CT molecular complexity index is 605. The van der Waals surface area contributed by atoms with Crippen LogP contribution in [0.25, 0.3) is 0 Å². The first kappa shape index (κ1) is 15.5. The van der Waals surface area contributed by atoms with E-state index in [1.54, 1.807) is 12.1 Å². The molecule has 1 aliphatic heterocycles. The van der Waals surface area contributed by atoms with Crippen LogP contribution in [0, 0.1) is 22.0 Å². The van der Waals surface area contributed by atoms with Gasteiger partial charge in [-0.3, -0.25) is 14.9 Å². The van der Waals surface area contributed by atoms with Gasteiger partial charge in [0.05, 0.1) is 9.40 Å². The summed E-state index contributed by atoms with van der Waals surface area (Å²) in [5.41, 5.74) is 0.350. The van der Waals surface area contributed by atoms with Crippen LogP contribution < -0.4 is 0 Å². The van der Waals surface area contributed by atoms with Gasteiger partial charge in [-0.2, -0.15) is 0 Å². The summed E-state index contributed by atoms with van der Waals surface area (Å²) in [5, 5.41) is 11.0. The average molecular weight is 367 g/mol. The summed E-state index contributed by atoms with van der Waals surface area (Å²) in [7, 11) is 0. The van der Waals surface area contributed by atoms with E-state index < -0.39 is 4.92 Å². The number of nitro benzene ring substituents is 1. The maximum Gasteiger partial charge on any atom is 0.284 e. The van der Waals surface area contributed by atoms with Gasteiger partial charge >= 0.3 is 0 Å². The smallest absolute Gasteiger partial charge is 0.284 e. The number of nitro groups is 1. The largest absolute Gasteiger partial charge is 0.338 e. The summed E-state index contributed by atoms with van der Waals surface area (Å²) in [6, 6.07) is 4.62. The topological polar surface area (TPSA) is 63.4 Å². The Kier molecular flexibility index (Phi) is 4.47. The molecule has 1 heterocycles. The van der Waals surface area contributed by atoms with Crippen molar-refractivity contribution >= 4 is 27.5 Å². The van der Waals surface area contributed by atoms with Gasteiger partial charge in [0, 0.05) is 24.7 Å². The maximum atomic E-state index is 12.6. The summed E-state index contributed by atoms with van der Waals surface area (Å²) in [6.07, 6.45) is 6.13. The van der Waals surface area contributed by atoms with E-state index in [-0.39, 0.29) is 11.6 Å². The Hall–Kier alpha value is -1.43. The Morgan fingerprint density at radius 2 is 1.95 bits per heavy atom. The molecule has 0 spiro atoms. The van der Waals surface area contributed by atoms with E-state index in [9.17, 15) is 14.9 Å². The van der Waals surface area contributed by atoms with Crippen LogP contribution >= 0.6 is 15.9 Å². The summed E-state index contributed by atoms with van der Waals surface area (Å²) < 4.78 is 0.403. The van der Waals surface area contributed by atoms with Crippen LogP contribution in [0.4, 0.5) is 5.69 Å². The van der Waals surface area contributed by atoms with Crippen LogP contribution in [-0.2, 0) is 0 Å². The minimum Gasteiger partial charge on any atom is -0.338 e. The van der Waals surface area contributed by atoms with E-state index in [1.807, 2.05) is 4.90 Å². The van der Waals surface area contributed by atoms with Crippen molar-refractivity contribution in [2.75, 3.05) is 13.1 Å². The molecule has 1 saturated heterocycles. The van der Waals surface area contributed by atoms with Crippen LogP contribution in [-0.4, -0.2) is 28.8 Å². The number of benzene rings is 1. The van der Waals surface area contributed by atoms with Crippen LogP contribution in [0.2, 0.25) is 0 Å². The van der Waals surface area contributed by atoms with Gasteiger partial charge in [0.15, 0.2) is 0 Å². The number of carbonyl (C=O) groups excluding carboxylic acids is 1. The van der Waals surface area contributed by atoms with E-state index in [0.717, 1.165) is 25.4 Å². The molecule has 0 radical (unpaired) electrons. The minimum atomic E-state index is -0.464. The quantitative estimate of drug-likeness (QED) is 0.586. The van der Waals surface area contributed by atoms with E-state index in [0.29, 0.717) is 16.0 Å². The molecular weight excluding hydrogens is 348 g/mol. The molecule has 5 nitrogen and oxygen atoms in total. The van der Waals surface area contributed by atoms with Crippen molar-refractivity contribution in [3.63, 3.8) is 0 Å². The van der Waals surface area contributed by atoms with E-state index in [4.69, 9.17) is 0 Å². The van der Waals surface area contributed by atoms with Crippen LogP contribution in [0.15, 0.2) is 22.7 Å². The number of rotatable bonds is 2. The minimum absolute atomic E-state index is 0.0570. The lowest BCUT2D eigenvalue weighted by Gasteiger charge is -2.41. The highest BCUT2D eigenvalue weighted by Crippen LogP contribution is 2.36. The number of hydrogen-bond acceptors (Lipinski definition) is 3. The molecule has 118 valence electrons. The van der Waals surface area contributed by atoms with Gasteiger partial charge in [-0.15, -0.1) is 0 Å². The first-order valence-electron chi connectivity index (χ1n) is 7.79. The molecular formula is C16H19BrN2O3. The van der Waals surface area contributed by atoms with Gasteiger partial charge in [0.2, 0.25) is 0 Å². The van der Waals surface area contributed by atoms with E-state index in [1.165, 1.54) is 31.7 Å². The van der Waals surface area contributed by atoms with Crippen molar-refractivity contribution in [1.82, 2.24) is 4.90 Å². The monoisotopic (exact) mass is 366 g/mol. The first-order valence-corrected chi connectivity index (χ1v) is 8.59. The van der Waals surface area contributed by atoms with Gasteiger partial charge in [0.25, 0.3) is 11.6 Å². The third kappa shape index (κ3) is 3.02. The Labute approximate surface area is 138 Å². The molecule has 1 aromatic carbocycles. The average Bonchev–Trinajstić information content (AvgIpc) is 2.54. The number of fused-ring (bicyclic) bond motifs is 1. The molecule has 2 fully saturated rings. The predicted octanol–water partition coefficient (Wildman–Crippen LogP) is 4.01. The molecule has 3 rings (SSSR count). The summed E-state index contributed by atoms with van der Waals surface area (Å²) in [5.74, 6) is 1.29. The number of amides is 1. The van der Waals surface area contributed by atoms with Crippen LogP contribution in [0.3, 0.4) is 0 Å². The van der Waals surface area contributed by atoms with Crippen LogP contribution in [0.1, 0.15) is 42.5 Å². The molecule has 1 amide bonds. The molecule has 0 N–H and O–H groups in total. The predicted molar refractivity (Wildman–Crippen MR) is 86.8 cm³/mol. The molecule has 0 bridgehead atoms. The van der Waals surface area contributed by atoms with Crippen molar-refractivity contribution in [3.05, 3.63) is 38.3 Å². The SMILES string of the molecule is O=C(c1ccc(Br)c([N+](=O)[O-])c1)N1CC[C@H]2CCCC[C@H]2C1. The Morgan fingerprint density at radius 1 is 1.23 bits per heavy atom. The molecule has 1 saturated carbocycles. The Morgan fingerprint density at radius 3 is 2.68 bits per heavy atom. The van der Waals surface area contributed by atoms with Crippen molar-refractivity contribution in [2.24, 2.45) is 11.8 Å². The van der Waals surface area contributed by atoms with Gasteiger partial charge < -0.3 is 4.90 Å². The van der Waals surface area contributed by atoms with Gasteiger partial charge in [-0.05, 0) is 52.7 Å². The fourth-order valence-corrected chi connectivity index (χ4v) is 4.14. The van der Waals surface area contributed by atoms with Crippen molar-refractivity contribution in [1.29, 1.82) is 0 Å². The summed E-state index contributed by atoms with van der Waals surface area (Å²) in [4.78, 5) is 25.1. The van der Waals surface area contributed by atoms with Gasteiger partial charge in [0.1, 0.15) is 0 Å². The fraction of sp³-hybridized carbons (Fsp3) is 0.562. The number of nitrogens with zero attached hydrogens (tertiary/aromatic N) is 2. The standard InChI is InChI=1S/C16H19BrN2O3/c17-14-6-5-12(9-15(14)19(21)22)16(20)18-8-7-11-3-1-2-4-13(11)10-18/h5-6,9,11,13H,1-4,7-8,10H2/t11-,13+/m1/s1. The number of likely N-dealkylation sites (tertiary alicyclic amines) is 1. The lowest BCUT2D eigenvalue weighted by Crippen LogP contribution is -2.44. The number of hydrogen-bond donors (Lipinski definition) is 0. The van der Waals surface area contributed by atoms with Crippen LogP contribution in [0.5, 0.6) is 0 Å². The molecule has 2 aliphatic rings. The normalized spacial score (nSPS) is 24.7. The van der Waals surface area contributed by atoms with E-state index in [2.05, 4.69) is 15.9 Å². The van der Waals surface area contributed by atoms with Crippen molar-refractivity contribution in [3.8, 4) is 0 Å². The zero-order valence-electron chi connectivity index (χ0n) is 12.3. The van der Waals surface area contributed by atoms with Gasteiger partial charge in [-0.25, -0.2) is 0 Å². The molecule has 22 heavy (non-hydrogen) atoms. The highest BCUT2D eigenvalue weighted by atomic mass is 79.9. The molecule has 0 unspecified atom stereocenters. The molecule has 2 atom stereocenters. The number of halogens is 1. The van der Waals surface area contributed by atoms with Gasteiger partial charge in [-0.1, -0.05) is 19.3 Å². The third-order valence-corrected chi connectivity index (χ3v) is 5.64. The first-order chi connectivity index (χ1) is 10.6. The Balaban J connectivity index is 1.76. The summed E-state index contributed by atoms with van der Waals surface area (Å²) in [6.45, 7) is 1.57. The number of piperidine rings is 1. The lowest BCUT2D eigenvalue weighted by atomic mass is 9.75. The lowest BCUT2D eigenvalue weighted by molar-refractivity contribution is -0.385. The van der Waals surface area contributed by atoms with Crippen molar-refractivity contribution in [2.45, 2.75) is 32.1 Å². The summed E-state index contributed by atoms with van der Waals surface area (Å²) >= 11 is 3.16. The second-order valence-electron chi connectivity index (χ2n) is 6.27. The zero-order valence-corrected chi connectivity index (χ0v) is 13.9. The maximum absolute atomic E-state index is 12.6. The van der Waals surface area contributed by atoms with Crippen molar-refractivity contribution < 1.29 is 9.72 Å². The molecule has 1 aliphatic carbocycles. The molecule has 0 aromatic heterocycles. The second kappa shape index (κ2) is 6.36. The zero-order chi connectivity index (χ0) is 15.7. The third-order valence-electron chi connectivity index (χ3n) is 4.97. The molecule has 6 heteroatoms. The molecule has 1 aromatic rings. The number of carbonyl (C=O) groups is 1. The second-order valence-corrected chi connectivity index (χ2v) is 7.12. The highest BCUT2D eigenvalue weighted by molar-refractivity contribution is 9.10. The highest BCUT2D eigenvalue weighted by Gasteiger charge is 2.33.